The Labute approximate surface area is 184 Å². The Hall–Kier alpha value is -4.06. The van der Waals surface area contributed by atoms with E-state index in [9.17, 15) is 4.79 Å². The Balaban J connectivity index is 1.31. The molecule has 0 aliphatic carbocycles. The number of nitriles is 1. The van der Waals surface area contributed by atoms with E-state index in [4.69, 9.17) is 9.78 Å². The van der Waals surface area contributed by atoms with E-state index in [0.717, 1.165) is 42.6 Å². The van der Waals surface area contributed by atoms with E-state index in [1.807, 2.05) is 23.1 Å². The smallest absolute Gasteiger partial charge is 0.258 e. The Bertz CT molecular complexity index is 1290. The van der Waals surface area contributed by atoms with Crippen molar-refractivity contribution in [3.63, 3.8) is 0 Å². The van der Waals surface area contributed by atoms with E-state index in [1.165, 1.54) is 6.42 Å². The topological polar surface area (TPSA) is 114 Å². The first-order valence-electron chi connectivity index (χ1n) is 10.7. The molecule has 5 rings (SSSR count). The molecule has 1 aliphatic heterocycles. The van der Waals surface area contributed by atoms with Crippen LogP contribution in [0.4, 0.5) is 0 Å². The fraction of sp³-hybridized carbons (Fsp3) is 0.304. The Morgan fingerprint density at radius 2 is 1.84 bits per heavy atom. The molecule has 4 aromatic rings. The van der Waals surface area contributed by atoms with Gasteiger partial charge in [-0.25, -0.2) is 4.68 Å². The van der Waals surface area contributed by atoms with Crippen LogP contribution in [0.3, 0.4) is 0 Å². The lowest BCUT2D eigenvalue weighted by molar-refractivity contribution is -0.132. The van der Waals surface area contributed by atoms with E-state index in [2.05, 4.69) is 26.5 Å². The first-order chi connectivity index (χ1) is 15.7. The van der Waals surface area contributed by atoms with Gasteiger partial charge in [-0.3, -0.25) is 4.79 Å². The molecule has 1 saturated heterocycles. The minimum atomic E-state index is 0.173. The average molecular weight is 427 g/mol. The molecule has 0 spiro atoms. The molecule has 2 aromatic heterocycles. The van der Waals surface area contributed by atoms with Gasteiger partial charge in [0.25, 0.3) is 5.89 Å². The second-order valence-corrected chi connectivity index (χ2v) is 7.82. The molecule has 0 N–H and O–H groups in total. The van der Waals surface area contributed by atoms with Gasteiger partial charge in [0.05, 0.1) is 23.7 Å². The van der Waals surface area contributed by atoms with Gasteiger partial charge in [-0.15, -0.1) is 5.10 Å². The number of fused-ring (bicyclic) bond motifs is 1. The van der Waals surface area contributed by atoms with Crippen molar-refractivity contribution in [2.45, 2.75) is 32.2 Å². The summed E-state index contributed by atoms with van der Waals surface area (Å²) in [6.45, 7) is 2.21. The summed E-state index contributed by atoms with van der Waals surface area (Å²) in [6.07, 6.45) is 3.79. The van der Waals surface area contributed by atoms with E-state index in [0.29, 0.717) is 35.8 Å². The van der Waals surface area contributed by atoms with Crippen LogP contribution in [-0.4, -0.2) is 49.0 Å². The predicted molar refractivity (Wildman–Crippen MR) is 116 cm³/mol. The third-order valence-electron chi connectivity index (χ3n) is 5.71. The maximum atomic E-state index is 12.4. The lowest BCUT2D eigenvalue weighted by Gasteiger charge is -2.26. The Morgan fingerprint density at radius 3 is 2.62 bits per heavy atom. The molecule has 1 aliphatic rings. The number of carbonyl (C=O) groups excluding carboxylic acids is 1. The van der Waals surface area contributed by atoms with Crippen molar-refractivity contribution in [1.29, 1.82) is 5.26 Å². The number of benzene rings is 2. The monoisotopic (exact) mass is 427 g/mol. The number of hydrogen-bond acceptors (Lipinski definition) is 7. The van der Waals surface area contributed by atoms with Crippen LogP contribution < -0.4 is 0 Å². The SMILES string of the molecule is N#Cc1ccc(-c2nc(-c3ccc4c(c3)nnn4CCC(=O)N3CCCCC3)no2)cc1. The van der Waals surface area contributed by atoms with Gasteiger partial charge in [-0.1, -0.05) is 10.4 Å². The first-order valence-corrected chi connectivity index (χ1v) is 10.7. The molecule has 0 bridgehead atoms. The van der Waals surface area contributed by atoms with Crippen LogP contribution in [0.25, 0.3) is 33.9 Å². The Kier molecular flexibility index (Phi) is 5.34. The van der Waals surface area contributed by atoms with E-state index >= 15 is 0 Å². The summed E-state index contributed by atoms with van der Waals surface area (Å²) in [5, 5.41) is 21.5. The molecule has 9 nitrogen and oxygen atoms in total. The average Bonchev–Trinajstić information content (AvgIpc) is 3.50. The highest BCUT2D eigenvalue weighted by Crippen LogP contribution is 2.25. The molecule has 0 saturated carbocycles. The summed E-state index contributed by atoms with van der Waals surface area (Å²) in [4.78, 5) is 18.9. The van der Waals surface area contributed by atoms with Gasteiger partial charge in [-0.05, 0) is 61.7 Å². The molecule has 32 heavy (non-hydrogen) atoms. The summed E-state index contributed by atoms with van der Waals surface area (Å²) in [7, 11) is 0. The highest BCUT2D eigenvalue weighted by molar-refractivity contribution is 5.80. The van der Waals surface area contributed by atoms with Gasteiger partial charge in [0, 0.05) is 30.6 Å². The van der Waals surface area contributed by atoms with Crippen molar-refractivity contribution < 1.29 is 9.32 Å². The third-order valence-corrected chi connectivity index (χ3v) is 5.71. The van der Waals surface area contributed by atoms with Crippen LogP contribution in [0, 0.1) is 11.3 Å². The molecule has 1 amide bonds. The highest BCUT2D eigenvalue weighted by Gasteiger charge is 2.17. The number of aryl methyl sites for hydroxylation is 1. The maximum Gasteiger partial charge on any atom is 0.258 e. The van der Waals surface area contributed by atoms with E-state index in [1.54, 1.807) is 28.9 Å². The second-order valence-electron chi connectivity index (χ2n) is 7.82. The maximum absolute atomic E-state index is 12.4. The zero-order valence-corrected chi connectivity index (χ0v) is 17.4. The molecular formula is C23H21N7O2. The van der Waals surface area contributed by atoms with Crippen LogP contribution in [0.15, 0.2) is 47.0 Å². The van der Waals surface area contributed by atoms with Crippen molar-refractivity contribution in [3.05, 3.63) is 48.0 Å². The zero-order valence-electron chi connectivity index (χ0n) is 17.4. The van der Waals surface area contributed by atoms with E-state index in [-0.39, 0.29) is 5.91 Å². The lowest BCUT2D eigenvalue weighted by atomic mass is 10.1. The predicted octanol–water partition coefficient (Wildman–Crippen LogP) is 3.42. The number of hydrogen-bond donors (Lipinski definition) is 0. The molecule has 160 valence electrons. The standard InChI is InChI=1S/C23H21N7O2/c24-15-16-4-6-17(7-5-16)23-25-22(27-32-23)18-8-9-20-19(14-18)26-28-30(20)13-10-21(31)29-11-2-1-3-12-29/h4-9,14H,1-3,10-13H2. The summed E-state index contributed by atoms with van der Waals surface area (Å²) >= 11 is 0. The molecule has 9 heteroatoms. The number of likely N-dealkylation sites (tertiary alicyclic amines) is 1. The minimum absolute atomic E-state index is 0.173. The van der Waals surface area contributed by atoms with Crippen LogP contribution in [0.1, 0.15) is 31.2 Å². The summed E-state index contributed by atoms with van der Waals surface area (Å²) in [5.74, 6) is 0.998. The van der Waals surface area contributed by atoms with E-state index < -0.39 is 0 Å². The van der Waals surface area contributed by atoms with Crippen LogP contribution in [0.5, 0.6) is 0 Å². The van der Waals surface area contributed by atoms with Crippen molar-refractivity contribution in [3.8, 4) is 28.9 Å². The number of rotatable bonds is 5. The number of piperidine rings is 1. The first kappa shape index (κ1) is 19.9. The zero-order chi connectivity index (χ0) is 21.9. The normalized spacial score (nSPS) is 13.9. The molecule has 1 fully saturated rings. The number of carbonyl (C=O) groups is 1. The van der Waals surface area contributed by atoms with Crippen LogP contribution >= 0.6 is 0 Å². The fourth-order valence-electron chi connectivity index (χ4n) is 3.92. The second kappa shape index (κ2) is 8.59. The van der Waals surface area contributed by atoms with Crippen molar-refractivity contribution in [2.24, 2.45) is 0 Å². The number of amides is 1. The Morgan fingerprint density at radius 1 is 1.06 bits per heavy atom. The van der Waals surface area contributed by atoms with Gasteiger partial charge in [0.2, 0.25) is 11.7 Å². The third kappa shape index (κ3) is 3.95. The van der Waals surface area contributed by atoms with Gasteiger partial charge < -0.3 is 9.42 Å². The summed E-state index contributed by atoms with van der Waals surface area (Å²) < 4.78 is 7.15. The van der Waals surface area contributed by atoms with Gasteiger partial charge >= 0.3 is 0 Å². The number of aromatic nitrogens is 5. The van der Waals surface area contributed by atoms with Gasteiger partial charge in [-0.2, -0.15) is 10.2 Å². The van der Waals surface area contributed by atoms with Crippen LogP contribution in [-0.2, 0) is 11.3 Å². The summed E-state index contributed by atoms with van der Waals surface area (Å²) in [5.41, 5.74) is 3.64. The summed E-state index contributed by atoms with van der Waals surface area (Å²) in [6, 6.07) is 14.7. The van der Waals surface area contributed by atoms with Crippen LogP contribution in [0.2, 0.25) is 0 Å². The van der Waals surface area contributed by atoms with Crippen molar-refractivity contribution in [1.82, 2.24) is 30.0 Å². The van der Waals surface area contributed by atoms with Gasteiger partial charge in [0.1, 0.15) is 5.52 Å². The molecule has 0 radical (unpaired) electrons. The number of nitrogens with zero attached hydrogens (tertiary/aromatic N) is 7. The molecule has 3 heterocycles. The fourth-order valence-corrected chi connectivity index (χ4v) is 3.92. The lowest BCUT2D eigenvalue weighted by Crippen LogP contribution is -2.36. The van der Waals surface area contributed by atoms with Crippen molar-refractivity contribution in [2.75, 3.05) is 13.1 Å². The quantitative estimate of drug-likeness (QED) is 0.479. The molecule has 0 atom stereocenters. The van der Waals surface area contributed by atoms with Gasteiger partial charge in [0.15, 0.2) is 0 Å². The highest BCUT2D eigenvalue weighted by atomic mass is 16.5. The molecule has 0 unspecified atom stereocenters. The minimum Gasteiger partial charge on any atom is -0.343 e. The molecular weight excluding hydrogens is 406 g/mol. The molecule has 2 aromatic carbocycles. The largest absolute Gasteiger partial charge is 0.343 e. The van der Waals surface area contributed by atoms with Crippen molar-refractivity contribution >= 4 is 16.9 Å².